The molecule has 0 spiro atoms. The molecule has 5 rings (SSSR count). The molecule has 2 amide bonds. The molecule has 9 nitrogen and oxygen atoms in total. The topological polar surface area (TPSA) is 160 Å². The summed E-state index contributed by atoms with van der Waals surface area (Å²) in [4.78, 5) is 31.5. The van der Waals surface area contributed by atoms with Crippen LogP contribution < -0.4 is 40.5 Å². The maximum atomic E-state index is 13.9. The summed E-state index contributed by atoms with van der Waals surface area (Å²) in [6, 6.07) is 38.4. The molecule has 44 heavy (non-hydrogen) atoms. The van der Waals surface area contributed by atoms with Crippen molar-refractivity contribution in [3.8, 4) is 0 Å². The number of rotatable bonds is 8. The zero-order valence-electron chi connectivity index (χ0n) is 22.7. The van der Waals surface area contributed by atoms with Gasteiger partial charge in [0, 0.05) is 17.1 Å². The Kier molecular flexibility index (Phi) is 11.4. The second-order valence-electron chi connectivity index (χ2n) is 8.85. The molecule has 0 saturated carbocycles. The molecule has 0 aliphatic rings. The highest BCUT2D eigenvalue weighted by Gasteiger charge is 2.52. The number of thiazole rings is 1. The van der Waals surface area contributed by atoms with Crippen LogP contribution in [0.1, 0.15) is 10.4 Å². The fourth-order valence-electron chi connectivity index (χ4n) is 4.33. The van der Waals surface area contributed by atoms with Gasteiger partial charge < -0.3 is 5.32 Å². The molecule has 0 saturated heterocycles. The van der Waals surface area contributed by atoms with E-state index >= 15 is 0 Å². The largest absolute Gasteiger partial charge is 0.313 e. The Hall–Kier alpha value is -3.96. The van der Waals surface area contributed by atoms with E-state index in [1.165, 1.54) is 11.3 Å². The molecule has 1 aromatic heterocycles. The van der Waals surface area contributed by atoms with Gasteiger partial charge in [-0.1, -0.05) is 72.8 Å². The van der Waals surface area contributed by atoms with Crippen LogP contribution in [0.5, 0.6) is 0 Å². The van der Waals surface area contributed by atoms with Crippen molar-refractivity contribution in [3.63, 3.8) is 0 Å². The summed E-state index contributed by atoms with van der Waals surface area (Å²) in [5.74, 6) is -0.989. The number of halogens is 2. The quantitative estimate of drug-likeness (QED) is 0.168. The zero-order chi connectivity index (χ0) is 31.6. The number of amides is 2. The molecule has 224 valence electrons. The third-order valence-corrected chi connectivity index (χ3v) is 11.8. The minimum atomic E-state index is -4.69. The maximum absolute atomic E-state index is 13.9. The van der Waals surface area contributed by atoms with Gasteiger partial charge in [-0.25, -0.2) is 4.98 Å². The van der Waals surface area contributed by atoms with Gasteiger partial charge in [0.1, 0.15) is 15.9 Å². The van der Waals surface area contributed by atoms with E-state index in [2.05, 4.69) is 15.6 Å². The standard InChI is InChI=1S/C31H23ClN3O2PS.ClHO4/c32-28(27(30(37)35-31-33-21-22-39-31)34-29(36)23-13-5-1-6-14-23)38(24-15-7-2-8-16-24,25-17-9-3-10-18-25)26-19-11-4-12-20-26;2-1(3,4)5/h1-22H,(H-,33,34,35,36,37);(H,2,3,4,5)/p+1/b28-27-;. The van der Waals surface area contributed by atoms with Crippen LogP contribution in [0.2, 0.25) is 0 Å². The van der Waals surface area contributed by atoms with Crippen molar-refractivity contribution in [2.24, 2.45) is 0 Å². The van der Waals surface area contributed by atoms with Crippen molar-refractivity contribution in [2.75, 3.05) is 5.32 Å². The van der Waals surface area contributed by atoms with Gasteiger partial charge in [-0.05, 0) is 60.1 Å². The first-order valence-corrected chi connectivity index (χ1v) is 17.1. The van der Waals surface area contributed by atoms with Crippen molar-refractivity contribution in [1.82, 2.24) is 10.3 Å². The number of nitrogens with one attached hydrogen (secondary N) is 2. The lowest BCUT2D eigenvalue weighted by Gasteiger charge is -2.28. The van der Waals surface area contributed by atoms with Crippen molar-refractivity contribution < 1.29 is 38.5 Å². The fraction of sp³-hybridized carbons (Fsp3) is 0. The van der Waals surface area contributed by atoms with E-state index < -0.39 is 29.3 Å². The predicted octanol–water partition coefficient (Wildman–Crippen LogP) is 1.79. The molecule has 0 atom stereocenters. The van der Waals surface area contributed by atoms with Crippen LogP contribution in [0.25, 0.3) is 0 Å². The lowest BCUT2D eigenvalue weighted by atomic mass is 10.2. The Morgan fingerprint density at radius 1 is 0.750 bits per heavy atom. The van der Waals surface area contributed by atoms with Gasteiger partial charge in [-0.2, -0.15) is 14.0 Å². The predicted molar refractivity (Wildman–Crippen MR) is 165 cm³/mol. The summed E-state index contributed by atoms with van der Waals surface area (Å²) in [5.41, 5.74) is 0.384. The van der Waals surface area contributed by atoms with E-state index in [1.54, 1.807) is 35.8 Å². The van der Waals surface area contributed by atoms with Crippen molar-refractivity contribution >= 4 is 63.1 Å². The lowest BCUT2D eigenvalue weighted by molar-refractivity contribution is -1.92. The first-order chi connectivity index (χ1) is 21.1. The van der Waals surface area contributed by atoms with Crippen LogP contribution in [-0.2, 0) is 4.79 Å². The van der Waals surface area contributed by atoms with Gasteiger partial charge in [0.15, 0.2) is 18.1 Å². The fourth-order valence-corrected chi connectivity index (χ4v) is 9.79. The number of carbonyl (C=O) groups excluding carboxylic acids is 2. The highest BCUT2D eigenvalue weighted by Crippen LogP contribution is 2.64. The number of aromatic nitrogens is 1. The Balaban J connectivity index is 0.000000818. The Morgan fingerprint density at radius 3 is 1.55 bits per heavy atom. The van der Waals surface area contributed by atoms with Gasteiger partial charge in [-0.3, -0.25) is 14.9 Å². The third-order valence-electron chi connectivity index (χ3n) is 6.09. The molecule has 0 aliphatic heterocycles. The van der Waals surface area contributed by atoms with Crippen molar-refractivity contribution in [3.05, 3.63) is 149 Å². The van der Waals surface area contributed by atoms with Gasteiger partial charge in [-0.15, -0.1) is 11.3 Å². The first-order valence-electron chi connectivity index (χ1n) is 12.8. The number of benzene rings is 4. The average Bonchev–Trinajstić information content (AvgIpc) is 3.54. The molecule has 0 aliphatic carbocycles. The summed E-state index contributed by atoms with van der Waals surface area (Å²) in [6.07, 6.45) is 1.60. The number of anilines is 1. The molecule has 0 unspecified atom stereocenters. The molecular weight excluding hydrogens is 644 g/mol. The van der Waals surface area contributed by atoms with Crippen LogP contribution >= 0.6 is 30.2 Å². The highest BCUT2D eigenvalue weighted by molar-refractivity contribution is 8.00. The van der Waals surface area contributed by atoms with E-state index in [1.807, 2.05) is 97.1 Å². The van der Waals surface area contributed by atoms with Crippen LogP contribution in [0.3, 0.4) is 0 Å². The normalized spacial score (nSPS) is 11.8. The van der Waals surface area contributed by atoms with Crippen LogP contribution in [0.4, 0.5) is 5.13 Å². The van der Waals surface area contributed by atoms with Crippen molar-refractivity contribution in [1.29, 1.82) is 0 Å². The van der Waals surface area contributed by atoms with Crippen LogP contribution in [0.15, 0.2) is 143 Å². The molecule has 4 aromatic carbocycles. The monoisotopic (exact) mass is 668 g/mol. The SMILES string of the molecule is O=C(Nc1nccs1)/C(NC(=O)c1ccccc1)=C(\Cl)[P+](c1ccccc1)(c1ccccc1)c1ccccc1.[O-][Cl+3]([O-])([O-])O. The van der Waals surface area contributed by atoms with E-state index in [-0.39, 0.29) is 10.5 Å². The minimum Gasteiger partial charge on any atom is -0.313 e. The van der Waals surface area contributed by atoms with Crippen LogP contribution in [-0.4, -0.2) is 21.5 Å². The minimum absolute atomic E-state index is 0.0226. The Morgan fingerprint density at radius 2 is 1.16 bits per heavy atom. The van der Waals surface area contributed by atoms with E-state index in [0.29, 0.717) is 10.7 Å². The second-order valence-corrected chi connectivity index (χ2v) is 14.5. The summed E-state index contributed by atoms with van der Waals surface area (Å²) < 4.78 is 33.0. The molecule has 5 aromatic rings. The smallest absolute Gasteiger partial charge is 0.279 e. The molecule has 0 fully saturated rings. The number of carbonyl (C=O) groups is 2. The average molecular weight is 670 g/mol. The van der Waals surface area contributed by atoms with Gasteiger partial charge in [0.2, 0.25) is 4.77 Å². The summed E-state index contributed by atoms with van der Waals surface area (Å²) >= 11 is 8.76. The summed E-state index contributed by atoms with van der Waals surface area (Å²) in [7, 11) is -7.53. The Bertz CT molecular complexity index is 1590. The second kappa shape index (κ2) is 15.2. The number of hydrogen-bond donors (Lipinski definition) is 3. The molecule has 3 N–H and O–H groups in total. The molecule has 0 bridgehead atoms. The highest BCUT2D eigenvalue weighted by atomic mass is 35.7. The number of nitrogens with zero attached hydrogens (tertiary/aromatic N) is 1. The third kappa shape index (κ3) is 8.35. The van der Waals surface area contributed by atoms with Gasteiger partial charge in [0.25, 0.3) is 11.8 Å². The van der Waals surface area contributed by atoms with Gasteiger partial charge >= 0.3 is 0 Å². The zero-order valence-corrected chi connectivity index (χ0v) is 26.0. The first kappa shape index (κ1) is 32.9. The van der Waals surface area contributed by atoms with Crippen molar-refractivity contribution in [2.45, 2.75) is 0 Å². The molecule has 1 heterocycles. The van der Waals surface area contributed by atoms with E-state index in [4.69, 9.17) is 30.2 Å². The maximum Gasteiger partial charge on any atom is 0.279 e. The van der Waals surface area contributed by atoms with E-state index in [9.17, 15) is 9.59 Å². The van der Waals surface area contributed by atoms with E-state index in [0.717, 1.165) is 15.9 Å². The summed E-state index contributed by atoms with van der Waals surface area (Å²) in [6.45, 7) is 0. The lowest BCUT2D eigenvalue weighted by Crippen LogP contribution is -2.58. The Labute approximate surface area is 265 Å². The molecular formula is C31H25Cl2N3O6PS+. The van der Waals surface area contributed by atoms with Gasteiger partial charge in [0.05, 0.1) is 14.9 Å². The number of hydrogen-bond acceptors (Lipinski definition) is 8. The summed E-state index contributed by atoms with van der Waals surface area (Å²) in [5, 5.41) is 10.7. The molecule has 0 radical (unpaired) electrons. The van der Waals surface area contributed by atoms with Crippen LogP contribution in [0, 0.1) is 10.2 Å². The molecule has 13 heteroatoms.